The lowest BCUT2D eigenvalue weighted by atomic mass is 9.91. The van der Waals surface area contributed by atoms with Crippen LogP contribution in [0, 0.1) is 5.92 Å². The molecule has 1 fully saturated rings. The van der Waals surface area contributed by atoms with E-state index in [-0.39, 0.29) is 6.04 Å². The Balaban J connectivity index is 2.37. The fourth-order valence-corrected chi connectivity index (χ4v) is 3.05. The predicted molar refractivity (Wildman–Crippen MR) is 80.9 cm³/mol. The highest BCUT2D eigenvalue weighted by Crippen LogP contribution is 2.30. The second-order valence-corrected chi connectivity index (χ2v) is 5.48. The second-order valence-electron chi connectivity index (χ2n) is 5.48. The van der Waals surface area contributed by atoms with Crippen LogP contribution >= 0.6 is 0 Å². The van der Waals surface area contributed by atoms with E-state index in [9.17, 15) is 0 Å². The molecule has 106 valence electrons. The molecule has 2 atom stereocenters. The smallest absolute Gasteiger partial charge is 0.127 e. The number of allylic oxidation sites excluding steroid dienone is 1. The Kier molecular flexibility index (Phi) is 4.64. The molecule has 2 aliphatic rings. The van der Waals surface area contributed by atoms with Gasteiger partial charge in [0.2, 0.25) is 0 Å². The van der Waals surface area contributed by atoms with Crippen LogP contribution in [0.15, 0.2) is 28.4 Å². The van der Waals surface area contributed by atoms with E-state index in [1.165, 1.54) is 12.1 Å². The molecule has 0 radical (unpaired) electrons. The van der Waals surface area contributed by atoms with Crippen LogP contribution in [0.5, 0.6) is 0 Å². The van der Waals surface area contributed by atoms with Crippen molar-refractivity contribution in [2.24, 2.45) is 22.4 Å². The largest absolute Gasteiger partial charge is 0.383 e. The molecule has 0 aromatic heterocycles. The number of piperidine rings is 1. The van der Waals surface area contributed by atoms with Gasteiger partial charge in [-0.3, -0.25) is 4.99 Å². The van der Waals surface area contributed by atoms with E-state index in [1.807, 2.05) is 13.0 Å². The van der Waals surface area contributed by atoms with Crippen LogP contribution < -0.4 is 11.5 Å². The third kappa shape index (κ3) is 3.00. The van der Waals surface area contributed by atoms with Gasteiger partial charge in [-0.15, -0.1) is 0 Å². The van der Waals surface area contributed by atoms with Gasteiger partial charge in [0, 0.05) is 42.9 Å². The van der Waals surface area contributed by atoms with Gasteiger partial charge in [-0.2, -0.15) is 0 Å². The van der Waals surface area contributed by atoms with E-state index in [0.29, 0.717) is 11.8 Å². The first kappa shape index (κ1) is 14.1. The van der Waals surface area contributed by atoms with Crippen LogP contribution in [-0.2, 0) is 0 Å². The number of nitrogens with zero attached hydrogens (tertiary/aromatic N) is 2. The van der Waals surface area contributed by atoms with Gasteiger partial charge in [0.15, 0.2) is 0 Å². The average molecular weight is 262 g/mol. The van der Waals surface area contributed by atoms with E-state index >= 15 is 0 Å². The Hall–Kier alpha value is -1.29. The van der Waals surface area contributed by atoms with Crippen LogP contribution in [0.3, 0.4) is 0 Å². The van der Waals surface area contributed by atoms with E-state index in [2.05, 4.69) is 22.9 Å². The number of hydrogen-bond acceptors (Lipinski definition) is 4. The zero-order valence-electron chi connectivity index (χ0n) is 12.1. The number of rotatable bonds is 3. The minimum atomic E-state index is 0.283. The summed E-state index contributed by atoms with van der Waals surface area (Å²) in [6, 6.07) is 0.283. The standard InChI is InChI=1S/C15H26N4/c1-3-6-13-14(11(4-2)9-18-15(13)17)19-8-5-7-12(16)10-19/h3,6,11-12H,4-5,7-10,16H2,1-2H3,(H2,17,18). The number of nitrogens with two attached hydrogens (primary N) is 2. The topological polar surface area (TPSA) is 67.6 Å². The molecule has 4 N–H and O–H groups in total. The molecule has 2 heterocycles. The van der Waals surface area contributed by atoms with E-state index in [0.717, 1.165) is 38.0 Å². The Morgan fingerprint density at radius 3 is 2.89 bits per heavy atom. The first-order valence-electron chi connectivity index (χ1n) is 7.35. The van der Waals surface area contributed by atoms with Crippen LogP contribution in [-0.4, -0.2) is 36.4 Å². The van der Waals surface area contributed by atoms with Crippen molar-refractivity contribution in [2.45, 2.75) is 39.2 Å². The number of amidine groups is 1. The zero-order valence-corrected chi connectivity index (χ0v) is 12.1. The molecule has 0 saturated carbocycles. The lowest BCUT2D eigenvalue weighted by Crippen LogP contribution is -2.45. The first-order chi connectivity index (χ1) is 9.17. The molecule has 0 aromatic carbocycles. The maximum atomic E-state index is 6.13. The van der Waals surface area contributed by atoms with Gasteiger partial charge in [0.25, 0.3) is 0 Å². The fraction of sp³-hybridized carbons (Fsp3) is 0.667. The number of dihydropyridines is 1. The Bertz CT molecular complexity index is 408. The second kappa shape index (κ2) is 6.24. The SMILES string of the molecule is CC=CC1=C(N2CCCC(N)C2)C(CC)CN=C1N. The Labute approximate surface area is 116 Å². The maximum absolute atomic E-state index is 6.13. The molecule has 0 aliphatic carbocycles. The summed E-state index contributed by atoms with van der Waals surface area (Å²) in [6.45, 7) is 7.09. The van der Waals surface area contributed by atoms with Gasteiger partial charge < -0.3 is 16.4 Å². The van der Waals surface area contributed by atoms with Crippen molar-refractivity contribution in [2.75, 3.05) is 19.6 Å². The molecule has 19 heavy (non-hydrogen) atoms. The van der Waals surface area contributed by atoms with Crippen molar-refractivity contribution in [3.8, 4) is 0 Å². The highest BCUT2D eigenvalue weighted by Gasteiger charge is 2.29. The fourth-order valence-electron chi connectivity index (χ4n) is 3.05. The summed E-state index contributed by atoms with van der Waals surface area (Å²) in [4.78, 5) is 6.92. The molecular weight excluding hydrogens is 236 g/mol. The van der Waals surface area contributed by atoms with Gasteiger partial charge in [-0.1, -0.05) is 19.1 Å². The van der Waals surface area contributed by atoms with E-state index in [1.54, 1.807) is 0 Å². The summed E-state index contributed by atoms with van der Waals surface area (Å²) in [5.41, 5.74) is 14.7. The van der Waals surface area contributed by atoms with Crippen LogP contribution in [0.2, 0.25) is 0 Å². The summed E-state index contributed by atoms with van der Waals surface area (Å²) >= 11 is 0. The van der Waals surface area contributed by atoms with Crippen molar-refractivity contribution in [1.29, 1.82) is 0 Å². The molecule has 1 saturated heterocycles. The monoisotopic (exact) mass is 262 g/mol. The molecule has 0 aromatic rings. The lowest BCUT2D eigenvalue weighted by molar-refractivity contribution is 0.231. The summed E-state index contributed by atoms with van der Waals surface area (Å²) in [5.74, 6) is 1.15. The third-order valence-corrected chi connectivity index (χ3v) is 4.05. The number of aliphatic imine (C=N–C) groups is 1. The summed E-state index contributed by atoms with van der Waals surface area (Å²) in [5, 5.41) is 0. The molecule has 2 rings (SSSR count). The van der Waals surface area contributed by atoms with Gasteiger partial charge in [0.1, 0.15) is 5.84 Å². The molecule has 0 amide bonds. The van der Waals surface area contributed by atoms with Gasteiger partial charge in [0.05, 0.1) is 0 Å². The first-order valence-corrected chi connectivity index (χ1v) is 7.35. The summed E-state index contributed by atoms with van der Waals surface area (Å²) in [7, 11) is 0. The summed E-state index contributed by atoms with van der Waals surface area (Å²) < 4.78 is 0. The maximum Gasteiger partial charge on any atom is 0.127 e. The number of hydrogen-bond donors (Lipinski definition) is 2. The van der Waals surface area contributed by atoms with Gasteiger partial charge in [-0.25, -0.2) is 0 Å². The third-order valence-electron chi connectivity index (χ3n) is 4.05. The molecule has 0 bridgehead atoms. The normalized spacial score (nSPS) is 29.0. The molecule has 2 unspecified atom stereocenters. The van der Waals surface area contributed by atoms with Crippen molar-refractivity contribution in [1.82, 2.24) is 4.90 Å². The van der Waals surface area contributed by atoms with Crippen molar-refractivity contribution < 1.29 is 0 Å². The molecular formula is C15H26N4. The van der Waals surface area contributed by atoms with Gasteiger partial charge in [-0.05, 0) is 26.2 Å². The van der Waals surface area contributed by atoms with Crippen molar-refractivity contribution >= 4 is 5.84 Å². The lowest BCUT2D eigenvalue weighted by Gasteiger charge is -2.39. The summed E-state index contributed by atoms with van der Waals surface area (Å²) in [6.07, 6.45) is 7.53. The minimum absolute atomic E-state index is 0.283. The Morgan fingerprint density at radius 2 is 2.26 bits per heavy atom. The van der Waals surface area contributed by atoms with Gasteiger partial charge >= 0.3 is 0 Å². The number of likely N-dealkylation sites (tertiary alicyclic amines) is 1. The van der Waals surface area contributed by atoms with Crippen molar-refractivity contribution in [3.63, 3.8) is 0 Å². The van der Waals surface area contributed by atoms with Crippen LogP contribution in [0.1, 0.15) is 33.1 Å². The molecule has 2 aliphatic heterocycles. The molecule has 4 nitrogen and oxygen atoms in total. The zero-order chi connectivity index (χ0) is 13.8. The van der Waals surface area contributed by atoms with E-state index < -0.39 is 0 Å². The highest BCUT2D eigenvalue weighted by molar-refractivity contribution is 6.00. The average Bonchev–Trinajstić information content (AvgIpc) is 2.41. The quantitative estimate of drug-likeness (QED) is 0.812. The van der Waals surface area contributed by atoms with Crippen LogP contribution in [0.4, 0.5) is 0 Å². The van der Waals surface area contributed by atoms with E-state index in [4.69, 9.17) is 11.5 Å². The van der Waals surface area contributed by atoms with Crippen LogP contribution in [0.25, 0.3) is 0 Å². The Morgan fingerprint density at radius 1 is 1.47 bits per heavy atom. The van der Waals surface area contributed by atoms with Crippen molar-refractivity contribution in [3.05, 3.63) is 23.4 Å². The molecule has 4 heteroatoms. The molecule has 0 spiro atoms. The highest BCUT2D eigenvalue weighted by atomic mass is 15.2. The predicted octanol–water partition coefficient (Wildman–Crippen LogP) is 1.64. The minimum Gasteiger partial charge on any atom is -0.383 e.